The van der Waals surface area contributed by atoms with Crippen LogP contribution in [0.2, 0.25) is 0 Å². The third-order valence-corrected chi connectivity index (χ3v) is 4.19. The van der Waals surface area contributed by atoms with E-state index in [9.17, 15) is 4.39 Å². The lowest BCUT2D eigenvalue weighted by Crippen LogP contribution is -2.38. The average molecular weight is 403 g/mol. The molecule has 0 bridgehead atoms. The van der Waals surface area contributed by atoms with Crippen molar-refractivity contribution in [1.82, 2.24) is 10.6 Å². The molecule has 0 aliphatic rings. The van der Waals surface area contributed by atoms with Crippen LogP contribution >= 0.6 is 0 Å². The summed E-state index contributed by atoms with van der Waals surface area (Å²) in [6, 6.07) is 10.3. The lowest BCUT2D eigenvalue weighted by molar-refractivity contribution is 0.288. The number of hydrogen-bond acceptors (Lipinski definition) is 4. The minimum atomic E-state index is -0.224. The molecular formula is C22H30FN3O3. The van der Waals surface area contributed by atoms with Crippen molar-refractivity contribution in [2.75, 3.05) is 33.9 Å². The molecule has 29 heavy (non-hydrogen) atoms. The third-order valence-electron chi connectivity index (χ3n) is 4.19. The lowest BCUT2D eigenvalue weighted by atomic mass is 10.1. The van der Waals surface area contributed by atoms with Gasteiger partial charge in [0.05, 0.1) is 27.4 Å². The van der Waals surface area contributed by atoms with Crippen LogP contribution in [0.5, 0.6) is 17.2 Å². The summed E-state index contributed by atoms with van der Waals surface area (Å²) in [6.07, 6.45) is 0.773. The van der Waals surface area contributed by atoms with Crippen LogP contribution < -0.4 is 24.8 Å². The standard InChI is InChI=1S/C22H30FN3O3/c1-5-24-22(25-12-11-16-7-9-18(23)10-8-16)26-15-17-13-19(27-3)21(29-6-2)20(14-17)28-4/h7-10,13-14H,5-6,11-12,15H2,1-4H3,(H2,24,25,26). The Morgan fingerprint density at radius 3 is 2.17 bits per heavy atom. The van der Waals surface area contributed by atoms with Crippen LogP contribution in [-0.2, 0) is 13.0 Å². The summed E-state index contributed by atoms with van der Waals surface area (Å²) >= 11 is 0. The highest BCUT2D eigenvalue weighted by Gasteiger charge is 2.13. The second-order valence-corrected chi connectivity index (χ2v) is 6.26. The monoisotopic (exact) mass is 403 g/mol. The molecule has 0 amide bonds. The van der Waals surface area contributed by atoms with E-state index >= 15 is 0 Å². The first kappa shape index (κ1) is 22.3. The van der Waals surface area contributed by atoms with Gasteiger partial charge >= 0.3 is 0 Å². The van der Waals surface area contributed by atoms with Crippen LogP contribution in [0.15, 0.2) is 41.4 Å². The number of ether oxygens (including phenoxy) is 3. The molecular weight excluding hydrogens is 373 g/mol. The predicted octanol–water partition coefficient (Wildman–Crippen LogP) is 3.54. The van der Waals surface area contributed by atoms with E-state index in [4.69, 9.17) is 14.2 Å². The molecule has 0 unspecified atom stereocenters. The molecule has 7 heteroatoms. The Morgan fingerprint density at radius 2 is 1.62 bits per heavy atom. The Kier molecular flexibility index (Phi) is 9.08. The average Bonchev–Trinajstić information content (AvgIpc) is 2.74. The summed E-state index contributed by atoms with van der Waals surface area (Å²) in [5.41, 5.74) is 2.01. The number of nitrogens with one attached hydrogen (secondary N) is 2. The fourth-order valence-corrected chi connectivity index (χ4v) is 2.80. The zero-order valence-corrected chi connectivity index (χ0v) is 17.5. The second-order valence-electron chi connectivity index (χ2n) is 6.26. The van der Waals surface area contributed by atoms with E-state index in [2.05, 4.69) is 15.6 Å². The normalized spacial score (nSPS) is 11.1. The van der Waals surface area contributed by atoms with Crippen molar-refractivity contribution in [3.05, 3.63) is 53.3 Å². The van der Waals surface area contributed by atoms with Gasteiger partial charge in [0.15, 0.2) is 17.5 Å². The Morgan fingerprint density at radius 1 is 0.966 bits per heavy atom. The van der Waals surface area contributed by atoms with Gasteiger partial charge in [0.25, 0.3) is 0 Å². The highest BCUT2D eigenvalue weighted by Crippen LogP contribution is 2.38. The number of aliphatic imine (C=N–C) groups is 1. The van der Waals surface area contributed by atoms with Crippen LogP contribution in [0.4, 0.5) is 4.39 Å². The topological polar surface area (TPSA) is 64.1 Å². The molecule has 0 atom stereocenters. The van der Waals surface area contributed by atoms with E-state index in [1.807, 2.05) is 26.0 Å². The minimum Gasteiger partial charge on any atom is -0.493 e. The Balaban J connectivity index is 2.05. The Bertz CT molecular complexity index is 769. The van der Waals surface area contributed by atoms with E-state index in [-0.39, 0.29) is 5.82 Å². The van der Waals surface area contributed by atoms with Crippen LogP contribution in [0.25, 0.3) is 0 Å². The fourth-order valence-electron chi connectivity index (χ4n) is 2.80. The van der Waals surface area contributed by atoms with Gasteiger partial charge in [0.1, 0.15) is 5.82 Å². The first-order valence-corrected chi connectivity index (χ1v) is 9.75. The Labute approximate surface area is 172 Å². The SMILES string of the molecule is CCNC(=NCc1cc(OC)c(OCC)c(OC)c1)NCCc1ccc(F)cc1. The van der Waals surface area contributed by atoms with Gasteiger partial charge in [-0.15, -0.1) is 0 Å². The maximum absolute atomic E-state index is 13.0. The molecule has 0 saturated carbocycles. The molecule has 0 saturated heterocycles. The van der Waals surface area contributed by atoms with Gasteiger partial charge in [0.2, 0.25) is 5.75 Å². The molecule has 0 spiro atoms. The smallest absolute Gasteiger partial charge is 0.203 e. The number of hydrogen-bond donors (Lipinski definition) is 2. The number of guanidine groups is 1. The number of rotatable bonds is 10. The molecule has 0 aliphatic heterocycles. The quantitative estimate of drug-likeness (QED) is 0.469. The minimum absolute atomic E-state index is 0.224. The first-order chi connectivity index (χ1) is 14.1. The maximum atomic E-state index is 13.0. The molecule has 6 nitrogen and oxygen atoms in total. The summed E-state index contributed by atoms with van der Waals surface area (Å²) in [4.78, 5) is 4.64. The molecule has 2 aromatic rings. The predicted molar refractivity (Wildman–Crippen MR) is 114 cm³/mol. The number of methoxy groups -OCH3 is 2. The summed E-state index contributed by atoms with van der Waals surface area (Å²) in [5, 5.41) is 6.53. The van der Waals surface area contributed by atoms with E-state index in [1.165, 1.54) is 12.1 Å². The van der Waals surface area contributed by atoms with Gasteiger partial charge in [-0.2, -0.15) is 0 Å². The molecule has 0 radical (unpaired) electrons. The summed E-state index contributed by atoms with van der Waals surface area (Å²) < 4.78 is 29.5. The van der Waals surface area contributed by atoms with Gasteiger partial charge in [-0.05, 0) is 55.7 Å². The van der Waals surface area contributed by atoms with Gasteiger partial charge in [0, 0.05) is 13.1 Å². The van der Waals surface area contributed by atoms with Gasteiger partial charge in [-0.3, -0.25) is 0 Å². The summed E-state index contributed by atoms with van der Waals surface area (Å²) in [5.74, 6) is 2.31. The van der Waals surface area contributed by atoms with E-state index in [0.717, 1.165) is 24.1 Å². The lowest BCUT2D eigenvalue weighted by Gasteiger charge is -2.15. The highest BCUT2D eigenvalue weighted by atomic mass is 19.1. The van der Waals surface area contributed by atoms with Gasteiger partial charge in [-0.25, -0.2) is 9.38 Å². The van der Waals surface area contributed by atoms with Crippen molar-refractivity contribution in [3.63, 3.8) is 0 Å². The van der Waals surface area contributed by atoms with Crippen molar-refractivity contribution in [3.8, 4) is 17.2 Å². The van der Waals surface area contributed by atoms with Crippen molar-refractivity contribution < 1.29 is 18.6 Å². The summed E-state index contributed by atoms with van der Waals surface area (Å²) in [6.45, 7) is 6.33. The van der Waals surface area contributed by atoms with Gasteiger partial charge in [-0.1, -0.05) is 12.1 Å². The van der Waals surface area contributed by atoms with Crippen LogP contribution in [0.3, 0.4) is 0 Å². The van der Waals surface area contributed by atoms with Crippen molar-refractivity contribution >= 4 is 5.96 Å². The molecule has 0 fully saturated rings. The molecule has 2 N–H and O–H groups in total. The molecule has 158 valence electrons. The molecule has 2 aromatic carbocycles. The second kappa shape index (κ2) is 11.8. The molecule has 0 heterocycles. The van der Waals surface area contributed by atoms with E-state index < -0.39 is 0 Å². The molecule has 0 aromatic heterocycles. The van der Waals surface area contributed by atoms with Crippen LogP contribution in [-0.4, -0.2) is 39.9 Å². The first-order valence-electron chi connectivity index (χ1n) is 9.75. The molecule has 2 rings (SSSR count). The highest BCUT2D eigenvalue weighted by molar-refractivity contribution is 5.79. The van der Waals surface area contributed by atoms with Gasteiger partial charge < -0.3 is 24.8 Å². The maximum Gasteiger partial charge on any atom is 0.203 e. The zero-order valence-electron chi connectivity index (χ0n) is 17.5. The van der Waals surface area contributed by atoms with E-state index in [1.54, 1.807) is 26.4 Å². The summed E-state index contributed by atoms with van der Waals surface area (Å²) in [7, 11) is 3.21. The number of benzene rings is 2. The largest absolute Gasteiger partial charge is 0.493 e. The Hall–Kier alpha value is -2.96. The number of nitrogens with zero attached hydrogens (tertiary/aromatic N) is 1. The van der Waals surface area contributed by atoms with Crippen molar-refractivity contribution in [2.45, 2.75) is 26.8 Å². The number of halogens is 1. The van der Waals surface area contributed by atoms with Crippen molar-refractivity contribution in [2.24, 2.45) is 4.99 Å². The van der Waals surface area contributed by atoms with Crippen molar-refractivity contribution in [1.29, 1.82) is 0 Å². The fraction of sp³-hybridized carbons (Fsp3) is 0.409. The van der Waals surface area contributed by atoms with Crippen LogP contribution in [0, 0.1) is 5.82 Å². The molecule has 0 aliphatic carbocycles. The zero-order chi connectivity index (χ0) is 21.1. The third kappa shape index (κ3) is 6.85. The van der Waals surface area contributed by atoms with Crippen LogP contribution in [0.1, 0.15) is 25.0 Å². The van der Waals surface area contributed by atoms with E-state index in [0.29, 0.717) is 42.9 Å².